The molecule has 0 saturated heterocycles. The van der Waals surface area contributed by atoms with Crippen LogP contribution >= 0.6 is 11.3 Å². The van der Waals surface area contributed by atoms with Gasteiger partial charge in [0.25, 0.3) is 0 Å². The summed E-state index contributed by atoms with van der Waals surface area (Å²) < 4.78 is 14.2. The van der Waals surface area contributed by atoms with E-state index in [1.54, 1.807) is 59.7 Å². The number of aliphatic hydroxyl groups is 1. The molecular weight excluding hydrogens is 458 g/mol. The summed E-state index contributed by atoms with van der Waals surface area (Å²) in [4.78, 5) is 26.8. The molecule has 4 rings (SSSR count). The topological polar surface area (TPSA) is 116 Å². The van der Waals surface area contributed by atoms with E-state index in [2.05, 4.69) is 5.10 Å². The van der Waals surface area contributed by atoms with Crippen molar-refractivity contribution in [2.75, 3.05) is 0 Å². The van der Waals surface area contributed by atoms with E-state index >= 15 is 0 Å². The first-order valence-corrected chi connectivity index (χ1v) is 11.5. The third-order valence-electron chi connectivity index (χ3n) is 4.74. The van der Waals surface area contributed by atoms with Crippen LogP contribution in [0.3, 0.4) is 0 Å². The number of carbonyl (C=O) groups is 2. The average molecular weight is 486 g/mol. The van der Waals surface area contributed by atoms with Gasteiger partial charge in [0.15, 0.2) is 0 Å². The fourth-order valence-electron chi connectivity index (χ4n) is 3.51. The third kappa shape index (κ3) is 4.51. The molecule has 9 nitrogen and oxygen atoms in total. The highest BCUT2D eigenvalue weighted by atomic mass is 32.1. The van der Waals surface area contributed by atoms with E-state index in [-0.39, 0.29) is 12.4 Å². The monoisotopic (exact) mass is 485 g/mol. The molecule has 0 aliphatic heterocycles. The van der Waals surface area contributed by atoms with Gasteiger partial charge in [0.2, 0.25) is 0 Å². The van der Waals surface area contributed by atoms with Crippen molar-refractivity contribution in [1.29, 1.82) is 0 Å². The minimum Gasteiger partial charge on any atom is -0.508 e. The van der Waals surface area contributed by atoms with Gasteiger partial charge in [-0.2, -0.15) is 9.78 Å². The van der Waals surface area contributed by atoms with Crippen molar-refractivity contribution in [2.24, 2.45) is 0 Å². The molecule has 0 amide bonds. The Morgan fingerprint density at radius 3 is 2.24 bits per heavy atom. The molecule has 0 atom stereocenters. The van der Waals surface area contributed by atoms with Crippen LogP contribution in [0.2, 0.25) is 0 Å². The quantitative estimate of drug-likeness (QED) is 0.386. The van der Waals surface area contributed by atoms with Crippen LogP contribution in [0.25, 0.3) is 32.5 Å². The molecule has 180 valence electrons. The van der Waals surface area contributed by atoms with Gasteiger partial charge in [0, 0.05) is 16.3 Å². The first kappa shape index (κ1) is 23.8. The number of aromatic hydroxyl groups is 1. The molecule has 10 heteroatoms. The number of hydrogen-bond donors (Lipinski definition) is 2. The molecule has 4 aromatic rings. The number of carbonyl (C=O) groups excluding carboxylic acids is 2. The molecule has 1 aromatic carbocycles. The summed E-state index contributed by atoms with van der Waals surface area (Å²) in [5.41, 5.74) is 0.125. The summed E-state index contributed by atoms with van der Waals surface area (Å²) in [5, 5.41) is 25.0. The second-order valence-electron chi connectivity index (χ2n) is 9.91. The number of benzene rings is 1. The van der Waals surface area contributed by atoms with Gasteiger partial charge >= 0.3 is 12.2 Å². The molecular formula is C24H27N3O6S. The highest BCUT2D eigenvalue weighted by Gasteiger charge is 2.29. The maximum absolute atomic E-state index is 13.3. The lowest BCUT2D eigenvalue weighted by Crippen LogP contribution is -2.28. The number of fused-ring (bicyclic) bond motifs is 2. The van der Waals surface area contributed by atoms with Crippen LogP contribution in [-0.4, -0.2) is 47.9 Å². The van der Waals surface area contributed by atoms with Crippen LogP contribution in [0.5, 0.6) is 5.75 Å². The second-order valence-corrected chi connectivity index (χ2v) is 11.1. The maximum atomic E-state index is 13.3. The van der Waals surface area contributed by atoms with Gasteiger partial charge < -0.3 is 19.7 Å². The average Bonchev–Trinajstić information content (AvgIpc) is 3.35. The van der Waals surface area contributed by atoms with Gasteiger partial charge in [0.05, 0.1) is 28.0 Å². The Morgan fingerprint density at radius 2 is 1.62 bits per heavy atom. The van der Waals surface area contributed by atoms with Crippen LogP contribution in [0.1, 0.15) is 46.4 Å². The summed E-state index contributed by atoms with van der Waals surface area (Å²) in [7, 11) is 0. The third-order valence-corrected chi connectivity index (χ3v) is 5.85. The van der Waals surface area contributed by atoms with E-state index in [9.17, 15) is 19.8 Å². The maximum Gasteiger partial charge on any atom is 0.435 e. The van der Waals surface area contributed by atoms with Gasteiger partial charge in [-0.1, -0.05) is 0 Å². The molecule has 0 saturated carbocycles. The predicted octanol–water partition coefficient (Wildman–Crippen LogP) is 5.48. The number of hydrogen-bond acceptors (Lipinski definition) is 8. The second kappa shape index (κ2) is 8.14. The van der Waals surface area contributed by atoms with Crippen molar-refractivity contribution in [3.05, 3.63) is 35.2 Å². The van der Waals surface area contributed by atoms with Crippen LogP contribution in [0.4, 0.5) is 9.59 Å². The first-order valence-electron chi connectivity index (χ1n) is 10.7. The lowest BCUT2D eigenvalue weighted by molar-refractivity contribution is 0.0520. The fraction of sp³-hybridized carbons (Fsp3) is 0.375. The Morgan fingerprint density at radius 1 is 0.971 bits per heavy atom. The highest BCUT2D eigenvalue weighted by molar-refractivity contribution is 7.19. The Kier molecular flexibility index (Phi) is 5.69. The van der Waals surface area contributed by atoms with Crippen LogP contribution in [0.15, 0.2) is 30.3 Å². The normalized spacial score (nSPS) is 12.4. The van der Waals surface area contributed by atoms with Gasteiger partial charge in [-0.15, -0.1) is 11.3 Å². The zero-order chi connectivity index (χ0) is 25.0. The largest absolute Gasteiger partial charge is 0.508 e. The summed E-state index contributed by atoms with van der Waals surface area (Å²) in [6, 6.07) is 8.10. The van der Waals surface area contributed by atoms with Crippen molar-refractivity contribution < 1.29 is 29.3 Å². The first-order chi connectivity index (χ1) is 15.8. The van der Waals surface area contributed by atoms with Crippen molar-refractivity contribution in [1.82, 2.24) is 14.3 Å². The molecule has 0 radical (unpaired) electrons. The van der Waals surface area contributed by atoms with Crippen molar-refractivity contribution in [3.8, 4) is 17.1 Å². The molecule has 0 aliphatic carbocycles. The van der Waals surface area contributed by atoms with E-state index in [1.807, 2.05) is 0 Å². The van der Waals surface area contributed by atoms with Crippen LogP contribution in [-0.2, 0) is 16.1 Å². The molecule has 0 spiro atoms. The molecule has 0 aliphatic rings. The number of phenolic OH excluding ortho intramolecular Hbond substituents is 1. The van der Waals surface area contributed by atoms with Gasteiger partial charge in [-0.3, -0.25) is 0 Å². The Bertz CT molecular complexity index is 1410. The van der Waals surface area contributed by atoms with E-state index in [0.29, 0.717) is 37.4 Å². The summed E-state index contributed by atoms with van der Waals surface area (Å²) in [6.07, 6.45) is -1.33. The zero-order valence-electron chi connectivity index (χ0n) is 19.9. The SMILES string of the molecule is CC(C)(C)OC(=O)n1nc(-c2cc3ccc(O)cc3n2C(=O)OC(C)(C)C)c2sc(CO)cc21. The van der Waals surface area contributed by atoms with Gasteiger partial charge in [-0.05, 0) is 65.8 Å². The molecule has 0 unspecified atom stereocenters. The van der Waals surface area contributed by atoms with Crippen LogP contribution in [0, 0.1) is 0 Å². The van der Waals surface area contributed by atoms with E-state index in [1.165, 1.54) is 28.0 Å². The van der Waals surface area contributed by atoms with E-state index < -0.39 is 23.4 Å². The molecule has 34 heavy (non-hydrogen) atoms. The van der Waals surface area contributed by atoms with Crippen LogP contribution < -0.4 is 0 Å². The number of aliphatic hydroxyl groups excluding tert-OH is 1. The Hall–Kier alpha value is -3.37. The predicted molar refractivity (Wildman–Crippen MR) is 129 cm³/mol. The fourth-order valence-corrected chi connectivity index (χ4v) is 4.50. The number of phenols is 1. The lowest BCUT2D eigenvalue weighted by atomic mass is 10.2. The Balaban J connectivity index is 1.99. The minimum absolute atomic E-state index is 0.00918. The smallest absolute Gasteiger partial charge is 0.435 e. The molecule has 3 heterocycles. The molecule has 2 N–H and O–H groups in total. The van der Waals surface area contributed by atoms with Crippen molar-refractivity contribution in [3.63, 3.8) is 0 Å². The molecule has 3 aromatic heterocycles. The number of ether oxygens (including phenoxy) is 2. The summed E-state index contributed by atoms with van der Waals surface area (Å²) in [6.45, 7) is 10.3. The number of rotatable bonds is 2. The summed E-state index contributed by atoms with van der Waals surface area (Å²) in [5.74, 6) is -0.00918. The van der Waals surface area contributed by atoms with Gasteiger partial charge in [-0.25, -0.2) is 14.2 Å². The van der Waals surface area contributed by atoms with E-state index in [0.717, 1.165) is 4.68 Å². The van der Waals surface area contributed by atoms with Crippen molar-refractivity contribution in [2.45, 2.75) is 59.4 Å². The lowest BCUT2D eigenvalue weighted by Gasteiger charge is -2.20. The highest BCUT2D eigenvalue weighted by Crippen LogP contribution is 2.38. The number of aromatic nitrogens is 3. The number of nitrogens with zero attached hydrogens (tertiary/aromatic N) is 3. The Labute approximate surface area is 200 Å². The van der Waals surface area contributed by atoms with E-state index in [4.69, 9.17) is 9.47 Å². The van der Waals surface area contributed by atoms with Crippen molar-refractivity contribution >= 4 is 44.6 Å². The van der Waals surface area contributed by atoms with Gasteiger partial charge in [0.1, 0.15) is 22.6 Å². The number of thiophene rings is 1. The summed E-state index contributed by atoms with van der Waals surface area (Å²) >= 11 is 1.27. The standard InChI is InChI=1S/C24H27N3O6S/c1-23(2,3)32-21(30)26-16-10-14(29)8-7-13(16)9-17(26)19-20-18(11-15(12-28)34-20)27(25-19)22(31)33-24(4,5)6/h7-11,28-29H,12H2,1-6H3. The minimum atomic E-state index is -0.764. The molecule has 0 fully saturated rings. The zero-order valence-corrected chi connectivity index (χ0v) is 20.7. The molecule has 0 bridgehead atoms.